The molecular formula is C7H10O4. The van der Waals surface area contributed by atoms with Crippen LogP contribution in [0.3, 0.4) is 0 Å². The molecule has 0 aromatic rings. The fraction of sp³-hybridized carbons (Fsp3) is 0.429. The monoisotopic (exact) mass is 158 g/mol. The first-order chi connectivity index (χ1) is 5.11. The highest BCUT2D eigenvalue weighted by Crippen LogP contribution is 1.94. The molecule has 0 N–H and O–H groups in total. The van der Waals surface area contributed by atoms with Gasteiger partial charge in [-0.15, -0.1) is 0 Å². The number of carbonyl (C=O) groups is 2. The minimum atomic E-state index is -0.870. The Morgan fingerprint density at radius 1 is 1.55 bits per heavy atom. The Kier molecular flexibility index (Phi) is 3.95. The second-order valence-electron chi connectivity index (χ2n) is 1.81. The van der Waals surface area contributed by atoms with Gasteiger partial charge in [0.15, 0.2) is 6.10 Å². The van der Waals surface area contributed by atoms with E-state index in [1.807, 2.05) is 0 Å². The Balaban J connectivity index is 3.86. The summed E-state index contributed by atoms with van der Waals surface area (Å²) in [5.74, 6) is -1.22. The second kappa shape index (κ2) is 4.49. The smallest absolute Gasteiger partial charge is 0.346 e. The maximum atomic E-state index is 10.6. The van der Waals surface area contributed by atoms with Crippen LogP contribution < -0.4 is 0 Å². The summed E-state index contributed by atoms with van der Waals surface area (Å²) < 4.78 is 8.83. The zero-order valence-corrected chi connectivity index (χ0v) is 6.49. The van der Waals surface area contributed by atoms with Gasteiger partial charge in [0.25, 0.3) is 0 Å². The van der Waals surface area contributed by atoms with Crippen molar-refractivity contribution < 1.29 is 19.1 Å². The molecule has 62 valence electrons. The molecule has 1 atom stereocenters. The zero-order chi connectivity index (χ0) is 8.85. The lowest BCUT2D eigenvalue weighted by atomic mass is 10.4. The van der Waals surface area contributed by atoms with Gasteiger partial charge < -0.3 is 9.47 Å². The quantitative estimate of drug-likeness (QED) is 0.437. The second-order valence-corrected chi connectivity index (χ2v) is 1.81. The molecule has 0 rings (SSSR count). The van der Waals surface area contributed by atoms with Crippen LogP contribution in [0.1, 0.15) is 6.92 Å². The average Bonchev–Trinajstić information content (AvgIpc) is 2.02. The molecule has 0 saturated heterocycles. The third-order valence-electron chi connectivity index (χ3n) is 0.993. The number of carbonyl (C=O) groups excluding carboxylic acids is 2. The van der Waals surface area contributed by atoms with Crippen molar-refractivity contribution in [2.45, 2.75) is 13.0 Å². The highest BCUT2D eigenvalue weighted by atomic mass is 16.6. The summed E-state index contributed by atoms with van der Waals surface area (Å²) >= 11 is 0. The molecule has 0 saturated carbocycles. The number of ether oxygens (including phenoxy) is 2. The predicted octanol–water partition coefficient (Wildman–Crippen LogP) is 0.277. The molecule has 0 spiro atoms. The molecule has 4 nitrogen and oxygen atoms in total. The van der Waals surface area contributed by atoms with Crippen LogP contribution in [0.25, 0.3) is 0 Å². The summed E-state index contributed by atoms with van der Waals surface area (Å²) in [7, 11) is 1.22. The van der Waals surface area contributed by atoms with Crippen molar-refractivity contribution in [3.05, 3.63) is 12.7 Å². The maximum absolute atomic E-state index is 10.6. The summed E-state index contributed by atoms with van der Waals surface area (Å²) in [6.07, 6.45) is 0.116. The van der Waals surface area contributed by atoms with Gasteiger partial charge in [0.05, 0.1) is 7.11 Å². The van der Waals surface area contributed by atoms with E-state index in [-0.39, 0.29) is 0 Å². The summed E-state index contributed by atoms with van der Waals surface area (Å²) in [6, 6.07) is 0. The van der Waals surface area contributed by atoms with Crippen molar-refractivity contribution in [1.82, 2.24) is 0 Å². The first-order valence-electron chi connectivity index (χ1n) is 3.02. The van der Waals surface area contributed by atoms with E-state index in [1.165, 1.54) is 14.0 Å². The molecule has 0 amide bonds. The minimum Gasteiger partial charge on any atom is -0.466 e. The highest BCUT2D eigenvalue weighted by Gasteiger charge is 2.15. The normalized spacial score (nSPS) is 11.5. The van der Waals surface area contributed by atoms with Crippen LogP contribution >= 0.6 is 0 Å². The summed E-state index contributed by atoms with van der Waals surface area (Å²) in [6.45, 7) is 4.60. The lowest BCUT2D eigenvalue weighted by Gasteiger charge is -2.07. The van der Waals surface area contributed by atoms with Crippen LogP contribution in [0.2, 0.25) is 0 Å². The number of methoxy groups -OCH3 is 1. The largest absolute Gasteiger partial charge is 0.466 e. The molecule has 0 aromatic carbocycles. The fourth-order valence-electron chi connectivity index (χ4n) is 0.436. The Labute approximate surface area is 64.8 Å². The topological polar surface area (TPSA) is 52.6 Å². The van der Waals surface area contributed by atoms with Crippen molar-refractivity contribution in [2.75, 3.05) is 7.11 Å². The molecular weight excluding hydrogens is 148 g/mol. The van der Waals surface area contributed by atoms with Crippen LogP contribution in [0.5, 0.6) is 0 Å². The van der Waals surface area contributed by atoms with Crippen molar-refractivity contribution in [3.8, 4) is 0 Å². The zero-order valence-electron chi connectivity index (χ0n) is 6.49. The van der Waals surface area contributed by atoms with Crippen LogP contribution in [-0.2, 0) is 19.1 Å². The van der Waals surface area contributed by atoms with Gasteiger partial charge in [0.1, 0.15) is 0 Å². The molecule has 11 heavy (non-hydrogen) atoms. The minimum absolute atomic E-state index is 0.583. The molecule has 0 aliphatic heterocycles. The van der Waals surface area contributed by atoms with Gasteiger partial charge in [-0.2, -0.15) is 0 Å². The molecule has 0 aromatic heterocycles. The van der Waals surface area contributed by atoms with E-state index in [0.29, 0.717) is 0 Å². The van der Waals surface area contributed by atoms with E-state index < -0.39 is 18.0 Å². The van der Waals surface area contributed by atoms with Crippen LogP contribution in [0.15, 0.2) is 12.7 Å². The van der Waals surface area contributed by atoms with Crippen LogP contribution in [0.4, 0.5) is 0 Å². The number of hydrogen-bond acceptors (Lipinski definition) is 4. The Morgan fingerprint density at radius 2 is 2.09 bits per heavy atom. The van der Waals surface area contributed by atoms with Gasteiger partial charge in [-0.25, -0.2) is 9.59 Å². The molecule has 0 aliphatic rings. The van der Waals surface area contributed by atoms with E-state index in [0.717, 1.165) is 6.08 Å². The van der Waals surface area contributed by atoms with E-state index >= 15 is 0 Å². The number of rotatable bonds is 3. The SMILES string of the molecule is C=CC(=O)O[C@@H](C)C(=O)OC. The first-order valence-corrected chi connectivity index (χ1v) is 3.02. The third-order valence-corrected chi connectivity index (χ3v) is 0.993. The predicted molar refractivity (Wildman–Crippen MR) is 37.8 cm³/mol. The van der Waals surface area contributed by atoms with Crippen molar-refractivity contribution in [3.63, 3.8) is 0 Å². The third kappa shape index (κ3) is 3.40. The Hall–Kier alpha value is -1.32. The van der Waals surface area contributed by atoms with Crippen LogP contribution in [0, 0.1) is 0 Å². The summed E-state index contributed by atoms with van der Waals surface area (Å²) in [4.78, 5) is 21.1. The van der Waals surface area contributed by atoms with Gasteiger partial charge in [-0.3, -0.25) is 0 Å². The van der Waals surface area contributed by atoms with E-state index in [9.17, 15) is 9.59 Å². The molecule has 0 heterocycles. The lowest BCUT2D eigenvalue weighted by Crippen LogP contribution is -2.24. The van der Waals surface area contributed by atoms with E-state index in [1.54, 1.807) is 0 Å². The molecule has 0 aliphatic carbocycles. The molecule has 4 heteroatoms. The number of esters is 2. The Morgan fingerprint density at radius 3 is 2.45 bits per heavy atom. The van der Waals surface area contributed by atoms with Crippen molar-refractivity contribution >= 4 is 11.9 Å². The van der Waals surface area contributed by atoms with Crippen LogP contribution in [-0.4, -0.2) is 25.2 Å². The number of hydrogen-bond donors (Lipinski definition) is 0. The van der Waals surface area contributed by atoms with Crippen molar-refractivity contribution in [1.29, 1.82) is 0 Å². The average molecular weight is 158 g/mol. The maximum Gasteiger partial charge on any atom is 0.346 e. The fourth-order valence-corrected chi connectivity index (χ4v) is 0.436. The van der Waals surface area contributed by atoms with E-state index in [4.69, 9.17) is 0 Å². The Bertz CT molecular complexity index is 173. The molecule has 0 radical (unpaired) electrons. The highest BCUT2D eigenvalue weighted by molar-refractivity contribution is 5.84. The van der Waals surface area contributed by atoms with Gasteiger partial charge >= 0.3 is 11.9 Å². The lowest BCUT2D eigenvalue weighted by molar-refractivity contribution is -0.161. The summed E-state index contributed by atoms with van der Waals surface area (Å²) in [5, 5.41) is 0. The van der Waals surface area contributed by atoms with Gasteiger partial charge in [0, 0.05) is 6.08 Å². The molecule has 0 fully saturated rings. The standard InChI is InChI=1S/C7H10O4/c1-4-6(8)11-5(2)7(9)10-3/h4-5H,1H2,2-3H3/t5-/m0/s1. The van der Waals surface area contributed by atoms with Gasteiger partial charge in [-0.1, -0.05) is 6.58 Å². The molecule has 0 bridgehead atoms. The van der Waals surface area contributed by atoms with E-state index in [2.05, 4.69) is 16.1 Å². The summed E-state index contributed by atoms with van der Waals surface area (Å²) in [5.41, 5.74) is 0. The van der Waals surface area contributed by atoms with Gasteiger partial charge in [-0.05, 0) is 6.92 Å². The van der Waals surface area contributed by atoms with Crippen molar-refractivity contribution in [2.24, 2.45) is 0 Å². The first kappa shape index (κ1) is 9.68. The molecule has 0 unspecified atom stereocenters. The van der Waals surface area contributed by atoms with Gasteiger partial charge in [0.2, 0.25) is 0 Å².